The number of amides is 1. The second kappa shape index (κ2) is 5.44. The van der Waals surface area contributed by atoms with E-state index in [1.807, 2.05) is 6.21 Å². The van der Waals surface area contributed by atoms with Gasteiger partial charge in [-0.15, -0.1) is 0 Å². The van der Waals surface area contributed by atoms with Gasteiger partial charge < -0.3 is 5.11 Å². The van der Waals surface area contributed by atoms with E-state index in [2.05, 4.69) is 10.5 Å². The van der Waals surface area contributed by atoms with E-state index in [4.69, 9.17) is 11.6 Å². The van der Waals surface area contributed by atoms with Gasteiger partial charge >= 0.3 is 0 Å². The van der Waals surface area contributed by atoms with Crippen molar-refractivity contribution >= 4 is 23.7 Å². The number of hydrazone groups is 1. The van der Waals surface area contributed by atoms with Crippen molar-refractivity contribution < 1.29 is 9.90 Å². The fraction of sp³-hybridized carbons (Fsp3) is 0.467. The minimum atomic E-state index is -0.440. The molecule has 0 spiro atoms. The molecule has 0 radical (unpaired) electrons. The molecule has 3 rings (SSSR count). The molecule has 106 valence electrons. The number of rotatable bonds is 3. The second-order valence-electron chi connectivity index (χ2n) is 5.72. The molecule has 4 nitrogen and oxygen atoms in total. The van der Waals surface area contributed by atoms with Crippen LogP contribution >= 0.6 is 11.6 Å². The highest BCUT2D eigenvalue weighted by Crippen LogP contribution is 2.47. The summed E-state index contributed by atoms with van der Waals surface area (Å²) in [6, 6.07) is 4.36. The maximum absolute atomic E-state index is 11.9. The van der Waals surface area contributed by atoms with E-state index in [-0.39, 0.29) is 11.3 Å². The molecule has 2 fully saturated rings. The molecule has 2 N–H and O–H groups in total. The number of hydrogen-bond donors (Lipinski definition) is 2. The number of benzene rings is 1. The van der Waals surface area contributed by atoms with Crippen molar-refractivity contribution in [3.05, 3.63) is 28.8 Å². The Labute approximate surface area is 122 Å². The van der Waals surface area contributed by atoms with Crippen LogP contribution in [0.4, 0.5) is 0 Å². The predicted octanol–water partition coefficient (Wildman–Crippen LogP) is 3.20. The van der Waals surface area contributed by atoms with Crippen LogP contribution in [0.1, 0.15) is 36.0 Å². The third kappa shape index (κ3) is 2.66. The molecule has 0 saturated heterocycles. The monoisotopic (exact) mass is 292 g/mol. The number of phenolic OH excluding ortho intramolecular Hbond substituents is 1. The third-order valence-corrected chi connectivity index (χ3v) is 4.66. The van der Waals surface area contributed by atoms with Crippen LogP contribution in [-0.2, 0) is 0 Å². The van der Waals surface area contributed by atoms with Gasteiger partial charge in [0.2, 0.25) is 0 Å². The molecule has 0 aliphatic heterocycles. The predicted molar refractivity (Wildman–Crippen MR) is 78.0 cm³/mol. The van der Waals surface area contributed by atoms with Gasteiger partial charge in [-0.1, -0.05) is 18.0 Å². The normalized spacial score (nSPS) is 28.1. The molecule has 20 heavy (non-hydrogen) atoms. The molecule has 2 aliphatic carbocycles. The van der Waals surface area contributed by atoms with Crippen LogP contribution in [0.5, 0.6) is 5.75 Å². The molecule has 1 aromatic carbocycles. The Morgan fingerprint density at radius 3 is 2.95 bits per heavy atom. The smallest absolute Gasteiger partial charge is 0.275 e. The summed E-state index contributed by atoms with van der Waals surface area (Å²) in [6.45, 7) is 0. The maximum atomic E-state index is 11.9. The van der Waals surface area contributed by atoms with Crippen LogP contribution in [0.3, 0.4) is 0 Å². The SMILES string of the molecule is O=C(NN=CC1CC2CCC1C2)c1cc(Cl)ccc1O. The Morgan fingerprint density at radius 1 is 1.40 bits per heavy atom. The van der Waals surface area contributed by atoms with Crippen molar-refractivity contribution in [3.8, 4) is 5.75 Å². The molecule has 0 heterocycles. The van der Waals surface area contributed by atoms with Crippen molar-refractivity contribution in [2.75, 3.05) is 0 Å². The van der Waals surface area contributed by atoms with Crippen LogP contribution in [0, 0.1) is 17.8 Å². The zero-order valence-corrected chi connectivity index (χ0v) is 11.8. The molecule has 3 unspecified atom stereocenters. The van der Waals surface area contributed by atoms with E-state index in [0.717, 1.165) is 11.8 Å². The van der Waals surface area contributed by atoms with Crippen LogP contribution in [0.25, 0.3) is 0 Å². The highest BCUT2D eigenvalue weighted by molar-refractivity contribution is 6.31. The summed E-state index contributed by atoms with van der Waals surface area (Å²) in [5.41, 5.74) is 2.61. The first-order valence-electron chi connectivity index (χ1n) is 6.95. The molecule has 0 aromatic heterocycles. The van der Waals surface area contributed by atoms with E-state index in [9.17, 15) is 9.90 Å². The van der Waals surface area contributed by atoms with Gasteiger partial charge in [0.05, 0.1) is 5.56 Å². The summed E-state index contributed by atoms with van der Waals surface area (Å²) in [7, 11) is 0. The molecule has 5 heteroatoms. The Morgan fingerprint density at radius 2 is 2.25 bits per heavy atom. The van der Waals surface area contributed by atoms with E-state index < -0.39 is 5.91 Å². The van der Waals surface area contributed by atoms with Gasteiger partial charge in [0.25, 0.3) is 5.91 Å². The summed E-state index contributed by atoms with van der Waals surface area (Å²) in [5, 5.41) is 14.1. The molecule has 1 aromatic rings. The van der Waals surface area contributed by atoms with Gasteiger partial charge in [-0.05, 0) is 55.2 Å². The maximum Gasteiger partial charge on any atom is 0.275 e. The van der Waals surface area contributed by atoms with Crippen LogP contribution < -0.4 is 5.43 Å². The van der Waals surface area contributed by atoms with Crippen molar-refractivity contribution in [3.63, 3.8) is 0 Å². The standard InChI is InChI=1S/C15H17ClN2O2/c16-12-3-4-14(19)13(7-12)15(20)18-17-8-11-6-9-1-2-10(11)5-9/h3-4,7-11,19H,1-2,5-6H2,(H,18,20). The lowest BCUT2D eigenvalue weighted by Crippen LogP contribution is -2.20. The number of carbonyl (C=O) groups is 1. The van der Waals surface area contributed by atoms with Crippen LogP contribution in [0.15, 0.2) is 23.3 Å². The summed E-state index contributed by atoms with van der Waals surface area (Å²) >= 11 is 5.81. The van der Waals surface area contributed by atoms with E-state index in [1.54, 1.807) is 0 Å². The lowest BCUT2D eigenvalue weighted by Gasteiger charge is -2.16. The average Bonchev–Trinajstić information content (AvgIpc) is 3.04. The van der Waals surface area contributed by atoms with E-state index >= 15 is 0 Å². The molecular weight excluding hydrogens is 276 g/mol. The average molecular weight is 293 g/mol. The molecule has 2 aliphatic rings. The summed E-state index contributed by atoms with van der Waals surface area (Å²) in [5.74, 6) is 1.54. The lowest BCUT2D eigenvalue weighted by atomic mass is 9.90. The fourth-order valence-electron chi connectivity index (χ4n) is 3.42. The van der Waals surface area contributed by atoms with Crippen LogP contribution in [-0.4, -0.2) is 17.2 Å². The number of hydrogen-bond acceptors (Lipinski definition) is 3. The van der Waals surface area contributed by atoms with Gasteiger partial charge in [0.15, 0.2) is 0 Å². The van der Waals surface area contributed by atoms with Crippen molar-refractivity contribution in [2.24, 2.45) is 22.9 Å². The van der Waals surface area contributed by atoms with Gasteiger partial charge in [-0.3, -0.25) is 4.79 Å². The van der Waals surface area contributed by atoms with Crippen molar-refractivity contribution in [2.45, 2.75) is 25.7 Å². The topological polar surface area (TPSA) is 61.7 Å². The van der Waals surface area contributed by atoms with Gasteiger partial charge in [-0.2, -0.15) is 5.10 Å². The van der Waals surface area contributed by atoms with Gasteiger partial charge in [0.1, 0.15) is 5.75 Å². The van der Waals surface area contributed by atoms with Crippen molar-refractivity contribution in [1.29, 1.82) is 0 Å². The number of phenols is 1. The zero-order valence-electron chi connectivity index (χ0n) is 11.1. The molecule has 1 amide bonds. The first-order chi connectivity index (χ1) is 9.63. The number of nitrogens with one attached hydrogen (secondary N) is 1. The Kier molecular flexibility index (Phi) is 3.66. The summed E-state index contributed by atoms with van der Waals surface area (Å²) < 4.78 is 0. The van der Waals surface area contributed by atoms with Crippen LogP contribution in [0.2, 0.25) is 5.02 Å². The highest BCUT2D eigenvalue weighted by Gasteiger charge is 2.38. The molecular formula is C15H17ClN2O2. The number of aromatic hydroxyl groups is 1. The minimum absolute atomic E-state index is 0.0953. The number of carbonyl (C=O) groups excluding carboxylic acids is 1. The number of fused-ring (bicyclic) bond motifs is 2. The number of halogens is 1. The first-order valence-corrected chi connectivity index (χ1v) is 7.33. The first kappa shape index (κ1) is 13.4. The van der Waals surface area contributed by atoms with E-state index in [0.29, 0.717) is 10.9 Å². The van der Waals surface area contributed by atoms with Gasteiger partial charge in [0, 0.05) is 11.2 Å². The Bertz CT molecular complexity index is 559. The lowest BCUT2D eigenvalue weighted by molar-refractivity contribution is 0.0952. The summed E-state index contributed by atoms with van der Waals surface area (Å²) in [6.07, 6.45) is 6.97. The fourth-order valence-corrected chi connectivity index (χ4v) is 3.59. The quantitative estimate of drug-likeness (QED) is 0.664. The minimum Gasteiger partial charge on any atom is -0.507 e. The Balaban J connectivity index is 1.60. The summed E-state index contributed by atoms with van der Waals surface area (Å²) in [4.78, 5) is 11.9. The molecule has 3 atom stereocenters. The molecule has 2 saturated carbocycles. The third-order valence-electron chi connectivity index (χ3n) is 4.43. The molecule has 2 bridgehead atoms. The second-order valence-corrected chi connectivity index (χ2v) is 6.16. The van der Waals surface area contributed by atoms with Gasteiger partial charge in [-0.25, -0.2) is 5.43 Å². The van der Waals surface area contributed by atoms with Crippen molar-refractivity contribution in [1.82, 2.24) is 5.43 Å². The Hall–Kier alpha value is -1.55. The zero-order chi connectivity index (χ0) is 14.1. The highest BCUT2D eigenvalue weighted by atomic mass is 35.5. The van der Waals surface area contributed by atoms with E-state index in [1.165, 1.54) is 43.9 Å². The largest absolute Gasteiger partial charge is 0.507 e. The number of nitrogens with zero attached hydrogens (tertiary/aromatic N) is 1.